The van der Waals surface area contributed by atoms with E-state index in [1.807, 2.05) is 0 Å². The van der Waals surface area contributed by atoms with Crippen LogP contribution in [0.25, 0.3) is 0 Å². The van der Waals surface area contributed by atoms with Crippen LogP contribution in [0.4, 0.5) is 0 Å². The van der Waals surface area contributed by atoms with Crippen molar-refractivity contribution in [3.8, 4) is 0 Å². The van der Waals surface area contributed by atoms with Crippen LogP contribution in [0.1, 0.15) is 46.5 Å². The van der Waals surface area contributed by atoms with Crippen molar-refractivity contribution >= 4 is 0 Å². The predicted octanol–water partition coefficient (Wildman–Crippen LogP) is 2.09. The summed E-state index contributed by atoms with van der Waals surface area (Å²) >= 11 is 0. The monoisotopic (exact) mass is 227 g/mol. The van der Waals surface area contributed by atoms with Crippen molar-refractivity contribution in [2.24, 2.45) is 11.7 Å². The Morgan fingerprint density at radius 3 is 2.62 bits per heavy atom. The van der Waals surface area contributed by atoms with E-state index in [0.717, 1.165) is 32.0 Å². The lowest BCUT2D eigenvalue weighted by Gasteiger charge is -2.31. The molecule has 0 aromatic heterocycles. The van der Waals surface area contributed by atoms with Gasteiger partial charge < -0.3 is 15.2 Å². The smallest absolute Gasteiger partial charge is 0.0784 e. The molecule has 3 nitrogen and oxygen atoms in total. The Balaban J connectivity index is 1.82. The van der Waals surface area contributed by atoms with Crippen LogP contribution in [0, 0.1) is 5.92 Å². The van der Waals surface area contributed by atoms with Gasteiger partial charge in [0.1, 0.15) is 0 Å². The molecule has 1 aliphatic heterocycles. The largest absolute Gasteiger partial charge is 0.376 e. The van der Waals surface area contributed by atoms with E-state index in [9.17, 15) is 0 Å². The lowest BCUT2D eigenvalue weighted by molar-refractivity contribution is -0.0201. The SMILES string of the molecule is CC(C)(C)OCCC1(N)CCOC1C1CC1. The minimum atomic E-state index is -0.133. The molecule has 0 bridgehead atoms. The first-order chi connectivity index (χ1) is 7.41. The van der Waals surface area contributed by atoms with E-state index in [1.165, 1.54) is 12.8 Å². The summed E-state index contributed by atoms with van der Waals surface area (Å²) in [6.45, 7) is 7.82. The number of hydrogen-bond acceptors (Lipinski definition) is 3. The van der Waals surface area contributed by atoms with Crippen LogP contribution >= 0.6 is 0 Å². The average Bonchev–Trinajstić information content (AvgIpc) is 2.89. The van der Waals surface area contributed by atoms with E-state index < -0.39 is 0 Å². The van der Waals surface area contributed by atoms with Crippen molar-refractivity contribution in [2.75, 3.05) is 13.2 Å². The number of nitrogens with two attached hydrogens (primary N) is 1. The second-order valence-corrected chi connectivity index (χ2v) is 6.32. The minimum absolute atomic E-state index is 0.0646. The molecule has 1 saturated carbocycles. The van der Waals surface area contributed by atoms with Crippen LogP contribution in [-0.4, -0.2) is 30.5 Å². The zero-order valence-corrected chi connectivity index (χ0v) is 10.8. The quantitative estimate of drug-likeness (QED) is 0.800. The number of ether oxygens (including phenoxy) is 2. The Morgan fingerprint density at radius 2 is 2.06 bits per heavy atom. The fourth-order valence-electron chi connectivity index (χ4n) is 2.50. The molecule has 0 radical (unpaired) electrons. The minimum Gasteiger partial charge on any atom is -0.376 e. The Labute approximate surface area is 98.7 Å². The standard InChI is InChI=1S/C13H25NO2/c1-12(2,3)16-9-7-13(14)6-8-15-11(13)10-4-5-10/h10-11H,4-9,14H2,1-3H3. The molecule has 94 valence electrons. The van der Waals surface area contributed by atoms with Gasteiger partial charge in [-0.15, -0.1) is 0 Å². The molecule has 2 N–H and O–H groups in total. The van der Waals surface area contributed by atoms with Gasteiger partial charge in [0.05, 0.1) is 11.7 Å². The molecule has 2 aliphatic rings. The predicted molar refractivity (Wildman–Crippen MR) is 64.3 cm³/mol. The summed E-state index contributed by atoms with van der Waals surface area (Å²) in [5, 5.41) is 0. The van der Waals surface area contributed by atoms with Gasteiger partial charge in [-0.3, -0.25) is 0 Å². The molecule has 3 heteroatoms. The van der Waals surface area contributed by atoms with E-state index in [1.54, 1.807) is 0 Å². The first-order valence-electron chi connectivity index (χ1n) is 6.45. The molecule has 1 saturated heterocycles. The maximum absolute atomic E-state index is 6.47. The molecular formula is C13H25NO2. The van der Waals surface area contributed by atoms with Gasteiger partial charge in [0.15, 0.2) is 0 Å². The lowest BCUT2D eigenvalue weighted by atomic mass is 9.86. The van der Waals surface area contributed by atoms with Crippen LogP contribution in [0.15, 0.2) is 0 Å². The van der Waals surface area contributed by atoms with Crippen molar-refractivity contribution in [3.05, 3.63) is 0 Å². The molecule has 0 aromatic carbocycles. The van der Waals surface area contributed by atoms with Gasteiger partial charge in [0.2, 0.25) is 0 Å². The highest BCUT2D eigenvalue weighted by molar-refractivity contribution is 5.03. The fraction of sp³-hybridized carbons (Fsp3) is 1.00. The molecule has 0 amide bonds. The van der Waals surface area contributed by atoms with E-state index >= 15 is 0 Å². The Hall–Kier alpha value is -0.120. The highest BCUT2D eigenvalue weighted by Gasteiger charge is 2.48. The van der Waals surface area contributed by atoms with Crippen LogP contribution in [0.2, 0.25) is 0 Å². The molecule has 1 heterocycles. The average molecular weight is 227 g/mol. The molecule has 1 aliphatic carbocycles. The fourth-order valence-corrected chi connectivity index (χ4v) is 2.50. The van der Waals surface area contributed by atoms with Crippen LogP contribution in [-0.2, 0) is 9.47 Å². The Bertz CT molecular complexity index is 245. The zero-order valence-electron chi connectivity index (χ0n) is 10.8. The topological polar surface area (TPSA) is 44.5 Å². The summed E-state index contributed by atoms with van der Waals surface area (Å²) in [6, 6.07) is 0. The van der Waals surface area contributed by atoms with Crippen molar-refractivity contribution in [2.45, 2.75) is 63.7 Å². The van der Waals surface area contributed by atoms with Crippen molar-refractivity contribution < 1.29 is 9.47 Å². The first kappa shape index (κ1) is 12.3. The maximum atomic E-state index is 6.47. The van der Waals surface area contributed by atoms with Gasteiger partial charge in [0, 0.05) is 18.8 Å². The molecule has 2 rings (SSSR count). The van der Waals surface area contributed by atoms with Crippen LogP contribution in [0.3, 0.4) is 0 Å². The molecular weight excluding hydrogens is 202 g/mol. The molecule has 16 heavy (non-hydrogen) atoms. The molecule has 2 fully saturated rings. The molecule has 2 unspecified atom stereocenters. The molecule has 0 aromatic rings. The van der Waals surface area contributed by atoms with Gasteiger partial charge in [0.25, 0.3) is 0 Å². The highest BCUT2D eigenvalue weighted by Crippen LogP contribution is 2.43. The molecule has 2 atom stereocenters. The van der Waals surface area contributed by atoms with Crippen LogP contribution in [0.5, 0.6) is 0 Å². The summed E-state index contributed by atoms with van der Waals surface area (Å²) in [5.74, 6) is 0.724. The Morgan fingerprint density at radius 1 is 1.38 bits per heavy atom. The number of rotatable bonds is 4. The first-order valence-corrected chi connectivity index (χ1v) is 6.45. The van der Waals surface area contributed by atoms with E-state index in [4.69, 9.17) is 15.2 Å². The van der Waals surface area contributed by atoms with Gasteiger partial charge in [-0.2, -0.15) is 0 Å². The summed E-state index contributed by atoms with van der Waals surface area (Å²) < 4.78 is 11.6. The third kappa shape index (κ3) is 2.96. The van der Waals surface area contributed by atoms with Gasteiger partial charge in [-0.25, -0.2) is 0 Å². The van der Waals surface area contributed by atoms with Crippen molar-refractivity contribution in [1.82, 2.24) is 0 Å². The maximum Gasteiger partial charge on any atom is 0.0784 e. The summed E-state index contributed by atoms with van der Waals surface area (Å²) in [4.78, 5) is 0. The normalized spacial score (nSPS) is 35.6. The molecule has 0 spiro atoms. The lowest BCUT2D eigenvalue weighted by Crippen LogP contribution is -2.49. The third-order valence-corrected chi connectivity index (χ3v) is 3.58. The third-order valence-electron chi connectivity index (χ3n) is 3.58. The summed E-state index contributed by atoms with van der Waals surface area (Å²) in [5.41, 5.74) is 6.27. The highest BCUT2D eigenvalue weighted by atomic mass is 16.5. The van der Waals surface area contributed by atoms with E-state index in [0.29, 0.717) is 0 Å². The van der Waals surface area contributed by atoms with E-state index in [-0.39, 0.29) is 17.2 Å². The van der Waals surface area contributed by atoms with Gasteiger partial charge in [-0.1, -0.05) is 0 Å². The second kappa shape index (κ2) is 4.28. The Kier molecular flexibility index (Phi) is 3.30. The summed E-state index contributed by atoms with van der Waals surface area (Å²) in [6.07, 6.45) is 4.79. The number of hydrogen-bond donors (Lipinski definition) is 1. The van der Waals surface area contributed by atoms with Gasteiger partial charge >= 0.3 is 0 Å². The van der Waals surface area contributed by atoms with Crippen molar-refractivity contribution in [3.63, 3.8) is 0 Å². The van der Waals surface area contributed by atoms with Crippen molar-refractivity contribution in [1.29, 1.82) is 0 Å². The second-order valence-electron chi connectivity index (χ2n) is 6.32. The van der Waals surface area contributed by atoms with E-state index in [2.05, 4.69) is 20.8 Å². The van der Waals surface area contributed by atoms with Gasteiger partial charge in [-0.05, 0) is 52.4 Å². The summed E-state index contributed by atoms with van der Waals surface area (Å²) in [7, 11) is 0. The zero-order chi connectivity index (χ0) is 11.8. The van der Waals surface area contributed by atoms with Crippen LogP contribution < -0.4 is 5.73 Å².